The van der Waals surface area contributed by atoms with Crippen molar-refractivity contribution in [3.8, 4) is 17.1 Å². The minimum atomic E-state index is -0.180. The van der Waals surface area contributed by atoms with E-state index in [2.05, 4.69) is 28.2 Å². The molecule has 2 aromatic rings. The molecule has 0 bridgehead atoms. The van der Waals surface area contributed by atoms with Crippen molar-refractivity contribution in [1.82, 2.24) is 9.97 Å². The van der Waals surface area contributed by atoms with Gasteiger partial charge in [-0.05, 0) is 56.5 Å². The van der Waals surface area contributed by atoms with Crippen LogP contribution in [0.5, 0.6) is 5.75 Å². The van der Waals surface area contributed by atoms with Gasteiger partial charge in [0.15, 0.2) is 0 Å². The normalized spacial score (nSPS) is 14.2. The number of H-pyrrole nitrogens is 2. The summed E-state index contributed by atoms with van der Waals surface area (Å²) in [4.78, 5) is 22.2. The van der Waals surface area contributed by atoms with Gasteiger partial charge in [-0.25, -0.2) is 0 Å². The van der Waals surface area contributed by atoms with E-state index in [9.17, 15) is 4.79 Å². The van der Waals surface area contributed by atoms with Crippen LogP contribution in [0.3, 0.4) is 0 Å². The molecule has 0 fully saturated rings. The van der Waals surface area contributed by atoms with Gasteiger partial charge in [0.1, 0.15) is 5.75 Å². The van der Waals surface area contributed by atoms with Gasteiger partial charge in [0.2, 0.25) is 5.91 Å². The fraction of sp³-hybridized carbons (Fsp3) is 0.481. The zero-order valence-corrected chi connectivity index (χ0v) is 19.9. The van der Waals surface area contributed by atoms with Crippen molar-refractivity contribution >= 4 is 17.7 Å². The van der Waals surface area contributed by atoms with E-state index in [0.29, 0.717) is 13.0 Å². The molecule has 1 aliphatic rings. The van der Waals surface area contributed by atoms with Crippen LogP contribution < -0.4 is 10.5 Å². The number of hydrogen-bond acceptors (Lipinski definition) is 3. The Morgan fingerprint density at radius 2 is 1.76 bits per heavy atom. The lowest BCUT2D eigenvalue weighted by Crippen LogP contribution is -2.09. The van der Waals surface area contributed by atoms with Gasteiger partial charge in [-0.2, -0.15) is 0 Å². The van der Waals surface area contributed by atoms with Crippen molar-refractivity contribution in [3.63, 3.8) is 0 Å². The second-order valence-electron chi connectivity index (χ2n) is 8.63. The van der Waals surface area contributed by atoms with Crippen molar-refractivity contribution in [3.05, 3.63) is 47.9 Å². The van der Waals surface area contributed by atoms with Crippen molar-refractivity contribution in [2.75, 3.05) is 6.61 Å². The number of unbranched alkanes of at least 4 members (excludes halogenated alkanes) is 8. The highest BCUT2D eigenvalue weighted by molar-refractivity contribution is 5.99. The second kappa shape index (κ2) is 13.5. The molecule has 0 atom stereocenters. The van der Waals surface area contributed by atoms with Crippen LogP contribution in [0, 0.1) is 0 Å². The van der Waals surface area contributed by atoms with Crippen LogP contribution in [0.1, 0.15) is 83.2 Å². The molecule has 0 radical (unpaired) electrons. The zero-order valence-electron chi connectivity index (χ0n) is 19.9. The van der Waals surface area contributed by atoms with E-state index in [4.69, 9.17) is 15.5 Å². The first-order valence-corrected chi connectivity index (χ1v) is 12.4. The number of ether oxygens (including phenoxy) is 1. The van der Waals surface area contributed by atoms with E-state index in [1.807, 2.05) is 31.3 Å². The molecule has 2 aromatic heterocycles. The molecular weight excluding hydrogens is 412 g/mol. The highest BCUT2D eigenvalue weighted by Gasteiger charge is 2.12. The maximum absolute atomic E-state index is 10.7. The summed E-state index contributed by atoms with van der Waals surface area (Å²) in [5, 5.41) is 0. The molecule has 178 valence electrons. The lowest BCUT2D eigenvalue weighted by Gasteiger charge is -2.02. The van der Waals surface area contributed by atoms with E-state index in [-0.39, 0.29) is 5.91 Å². The second-order valence-corrected chi connectivity index (χ2v) is 8.63. The van der Waals surface area contributed by atoms with Crippen molar-refractivity contribution in [2.45, 2.75) is 77.6 Å². The van der Waals surface area contributed by atoms with Gasteiger partial charge in [0.05, 0.1) is 29.4 Å². The van der Waals surface area contributed by atoms with Crippen LogP contribution in [0.2, 0.25) is 0 Å². The van der Waals surface area contributed by atoms with Crippen LogP contribution >= 0.6 is 0 Å². The Morgan fingerprint density at radius 1 is 1.03 bits per heavy atom. The number of allylic oxidation sites excluding steroid dienone is 2. The third-order valence-corrected chi connectivity index (χ3v) is 5.87. The van der Waals surface area contributed by atoms with Crippen LogP contribution in [0.15, 0.2) is 47.2 Å². The molecule has 33 heavy (non-hydrogen) atoms. The smallest absolute Gasteiger partial charge is 0.217 e. The number of primary amides is 1. The van der Waals surface area contributed by atoms with Gasteiger partial charge in [-0.1, -0.05) is 44.9 Å². The predicted molar refractivity (Wildman–Crippen MR) is 136 cm³/mol. The van der Waals surface area contributed by atoms with Gasteiger partial charge in [-0.3, -0.25) is 9.79 Å². The first kappa shape index (κ1) is 24.6. The number of carbonyl (C=O) groups is 1. The molecule has 1 aliphatic heterocycles. The van der Waals surface area contributed by atoms with Gasteiger partial charge in [0.25, 0.3) is 0 Å². The summed E-state index contributed by atoms with van der Waals surface area (Å²) in [5.74, 6) is 0.667. The monoisotopic (exact) mass is 450 g/mol. The SMILES string of the molecule is CCOc1cc(-c2ccc[nH]2)[nH]c1/C=C1\C=CC(CCCCCCCCCCCC(N)=O)=N1. The Kier molecular flexibility index (Phi) is 10.1. The average Bonchev–Trinajstić information content (AvgIpc) is 3.54. The maximum Gasteiger partial charge on any atom is 0.217 e. The molecule has 0 aromatic carbocycles. The molecule has 6 heteroatoms. The summed E-state index contributed by atoms with van der Waals surface area (Å²) in [6.07, 6.45) is 20.6. The van der Waals surface area contributed by atoms with Crippen LogP contribution in [0.4, 0.5) is 0 Å². The number of hydrogen-bond donors (Lipinski definition) is 3. The van der Waals surface area contributed by atoms with Crippen LogP contribution in [0.25, 0.3) is 17.5 Å². The van der Waals surface area contributed by atoms with Crippen molar-refractivity contribution in [1.29, 1.82) is 0 Å². The van der Waals surface area contributed by atoms with Gasteiger partial charge < -0.3 is 20.4 Å². The number of aliphatic imine (C=N–C) groups is 1. The molecule has 0 spiro atoms. The Balaban J connectivity index is 1.37. The number of amides is 1. The number of aromatic nitrogens is 2. The van der Waals surface area contributed by atoms with E-state index in [1.54, 1.807) is 0 Å². The number of nitrogens with two attached hydrogens (primary N) is 1. The van der Waals surface area contributed by atoms with E-state index in [0.717, 1.165) is 53.5 Å². The molecule has 0 aliphatic carbocycles. The first-order valence-electron chi connectivity index (χ1n) is 12.4. The van der Waals surface area contributed by atoms with Gasteiger partial charge in [-0.15, -0.1) is 0 Å². The quantitative estimate of drug-likeness (QED) is 0.253. The van der Waals surface area contributed by atoms with Crippen LogP contribution in [-0.4, -0.2) is 28.2 Å². The third-order valence-electron chi connectivity index (χ3n) is 5.87. The summed E-state index contributed by atoms with van der Waals surface area (Å²) < 4.78 is 5.82. The average molecular weight is 451 g/mol. The molecule has 3 heterocycles. The van der Waals surface area contributed by atoms with Crippen LogP contribution in [-0.2, 0) is 4.79 Å². The predicted octanol–water partition coefficient (Wildman–Crippen LogP) is 6.54. The standard InChI is InChI=1S/C27H38N4O2/c1-2-33-26-20-24(23-14-12-18-29-23)31-25(26)19-22-17-16-21(30-22)13-10-8-6-4-3-5-7-9-11-15-27(28)32/h12,14,16-20,29,31H,2-11,13,15H2,1H3,(H2,28,32)/b22-19+. The number of rotatable bonds is 16. The van der Waals surface area contributed by atoms with Crippen molar-refractivity contribution in [2.24, 2.45) is 10.7 Å². The number of carbonyl (C=O) groups excluding carboxylic acids is 1. The number of nitrogens with zero attached hydrogens (tertiary/aromatic N) is 1. The molecule has 3 rings (SSSR count). The first-order chi connectivity index (χ1) is 16.2. The van der Waals surface area contributed by atoms with E-state index in [1.165, 1.54) is 44.9 Å². The third kappa shape index (κ3) is 8.44. The highest BCUT2D eigenvalue weighted by atomic mass is 16.5. The fourth-order valence-corrected chi connectivity index (χ4v) is 4.11. The van der Waals surface area contributed by atoms with E-state index < -0.39 is 0 Å². The van der Waals surface area contributed by atoms with Gasteiger partial charge in [0, 0.05) is 24.4 Å². The molecule has 0 saturated carbocycles. The Labute approximate surface area is 197 Å². The largest absolute Gasteiger partial charge is 0.492 e. The summed E-state index contributed by atoms with van der Waals surface area (Å²) in [6.45, 7) is 2.62. The highest BCUT2D eigenvalue weighted by Crippen LogP contribution is 2.29. The lowest BCUT2D eigenvalue weighted by molar-refractivity contribution is -0.118. The minimum Gasteiger partial charge on any atom is -0.492 e. The number of nitrogens with one attached hydrogen (secondary N) is 2. The summed E-state index contributed by atoms with van der Waals surface area (Å²) >= 11 is 0. The summed E-state index contributed by atoms with van der Waals surface area (Å²) in [5.41, 5.74) is 10.3. The Bertz CT molecular complexity index is 951. The van der Waals surface area contributed by atoms with E-state index >= 15 is 0 Å². The Morgan fingerprint density at radius 3 is 2.42 bits per heavy atom. The summed E-state index contributed by atoms with van der Waals surface area (Å²) in [7, 11) is 0. The topological polar surface area (TPSA) is 96.3 Å². The zero-order chi connectivity index (χ0) is 23.3. The fourth-order valence-electron chi connectivity index (χ4n) is 4.11. The molecule has 6 nitrogen and oxygen atoms in total. The molecular formula is C27H38N4O2. The number of aromatic amines is 2. The maximum atomic E-state index is 10.7. The molecule has 1 amide bonds. The van der Waals surface area contributed by atoms with Crippen molar-refractivity contribution < 1.29 is 9.53 Å². The van der Waals surface area contributed by atoms with Gasteiger partial charge >= 0.3 is 0 Å². The molecule has 4 N–H and O–H groups in total. The lowest BCUT2D eigenvalue weighted by atomic mass is 10.0. The minimum absolute atomic E-state index is 0.180. The molecule has 0 saturated heterocycles. The Hall–Kier alpha value is -3.02. The summed E-state index contributed by atoms with van der Waals surface area (Å²) in [6, 6.07) is 6.06. The molecule has 0 unspecified atom stereocenters.